The second-order valence-electron chi connectivity index (χ2n) is 7.91. The van der Waals surface area contributed by atoms with Crippen LogP contribution in [0, 0.1) is 11.8 Å². The maximum atomic E-state index is 13.6. The Morgan fingerprint density at radius 3 is 2.37 bits per heavy atom. The number of aliphatic hydroxyl groups excluding tert-OH is 1. The van der Waals surface area contributed by atoms with Gasteiger partial charge in [0.2, 0.25) is 11.8 Å². The SMILES string of the molecule is O=C1c2cc(-c3nnc(C(F)F)o3)ccc2CN1[C@H](c1ccc(F)cc1)[C@@H](O)c1ccc(F)nc1. The maximum Gasteiger partial charge on any atom is 0.314 e. The molecule has 1 aliphatic rings. The molecule has 11 heteroatoms. The Morgan fingerprint density at radius 2 is 1.71 bits per heavy atom. The van der Waals surface area contributed by atoms with E-state index in [0.29, 0.717) is 11.1 Å². The van der Waals surface area contributed by atoms with Crippen LogP contribution in [0.1, 0.15) is 51.5 Å². The molecule has 0 spiro atoms. The van der Waals surface area contributed by atoms with Crippen LogP contribution in [0.15, 0.2) is 65.2 Å². The van der Waals surface area contributed by atoms with Gasteiger partial charge in [-0.2, -0.15) is 13.2 Å². The number of nitrogens with zero attached hydrogens (tertiary/aromatic N) is 4. The Bertz CT molecular complexity index is 1380. The summed E-state index contributed by atoms with van der Waals surface area (Å²) in [5.41, 5.74) is 1.86. The number of carbonyl (C=O) groups excluding carboxylic acids is 1. The van der Waals surface area contributed by atoms with Crippen molar-refractivity contribution in [2.24, 2.45) is 0 Å². The van der Waals surface area contributed by atoms with Crippen molar-refractivity contribution in [3.05, 3.63) is 101 Å². The number of hydrogen-bond acceptors (Lipinski definition) is 6. The first-order chi connectivity index (χ1) is 16.8. The van der Waals surface area contributed by atoms with Crippen molar-refractivity contribution in [3.63, 3.8) is 0 Å². The molecule has 0 radical (unpaired) electrons. The first-order valence-corrected chi connectivity index (χ1v) is 10.4. The van der Waals surface area contributed by atoms with Gasteiger partial charge in [-0.1, -0.05) is 24.3 Å². The number of alkyl halides is 2. The van der Waals surface area contributed by atoms with E-state index >= 15 is 0 Å². The van der Waals surface area contributed by atoms with Crippen molar-refractivity contribution in [1.82, 2.24) is 20.1 Å². The Morgan fingerprint density at radius 1 is 0.971 bits per heavy atom. The number of aromatic nitrogens is 3. The van der Waals surface area contributed by atoms with E-state index in [4.69, 9.17) is 4.42 Å². The van der Waals surface area contributed by atoms with E-state index in [1.165, 1.54) is 47.5 Å². The van der Waals surface area contributed by atoms with E-state index in [1.807, 2.05) is 0 Å². The van der Waals surface area contributed by atoms with E-state index in [2.05, 4.69) is 15.2 Å². The molecule has 0 saturated heterocycles. The van der Waals surface area contributed by atoms with Crippen LogP contribution in [-0.2, 0) is 6.54 Å². The highest BCUT2D eigenvalue weighted by atomic mass is 19.3. The summed E-state index contributed by atoms with van der Waals surface area (Å²) in [5.74, 6) is -2.68. The summed E-state index contributed by atoms with van der Waals surface area (Å²) in [6.45, 7) is 0.105. The quantitative estimate of drug-likeness (QED) is 0.313. The molecule has 2 aromatic heterocycles. The molecule has 7 nitrogen and oxygen atoms in total. The average molecular weight is 484 g/mol. The standard InChI is InChI=1S/C24H16F4N4O3/c25-16-6-3-12(4-7-16)19(20(33)14-5-8-18(26)29-10-14)32-11-15-2-1-13(9-17(15)24(32)34)22-30-31-23(35-22)21(27)28/h1-10,19-21,33H,11H2/t19-,20+/m1/s1. The monoisotopic (exact) mass is 484 g/mol. The first-order valence-electron chi connectivity index (χ1n) is 10.4. The van der Waals surface area contributed by atoms with E-state index in [1.54, 1.807) is 12.1 Å². The van der Waals surface area contributed by atoms with Gasteiger partial charge in [-0.3, -0.25) is 4.79 Å². The minimum absolute atomic E-state index is 0.105. The molecule has 4 aromatic rings. The Hall–Kier alpha value is -4.12. The highest BCUT2D eigenvalue weighted by Crippen LogP contribution is 2.40. The normalized spacial score (nSPS) is 14.9. The van der Waals surface area contributed by atoms with Gasteiger partial charge in [-0.05, 0) is 41.5 Å². The molecular formula is C24H16F4N4O3. The van der Waals surface area contributed by atoms with Crippen molar-refractivity contribution in [1.29, 1.82) is 0 Å². The average Bonchev–Trinajstić information content (AvgIpc) is 3.47. The Labute approximate surface area is 195 Å². The van der Waals surface area contributed by atoms with Crippen LogP contribution >= 0.6 is 0 Å². The van der Waals surface area contributed by atoms with Crippen molar-refractivity contribution >= 4 is 5.91 Å². The van der Waals surface area contributed by atoms with E-state index < -0.39 is 42.1 Å². The zero-order chi connectivity index (χ0) is 24.7. The first kappa shape index (κ1) is 22.7. The molecule has 35 heavy (non-hydrogen) atoms. The number of fused-ring (bicyclic) bond motifs is 1. The van der Waals surface area contributed by atoms with Gasteiger partial charge >= 0.3 is 6.43 Å². The lowest BCUT2D eigenvalue weighted by Crippen LogP contribution is -2.33. The third-order valence-corrected chi connectivity index (χ3v) is 5.75. The maximum absolute atomic E-state index is 13.6. The topological polar surface area (TPSA) is 92.4 Å². The minimum Gasteiger partial charge on any atom is -0.415 e. The zero-order valence-corrected chi connectivity index (χ0v) is 17.8. The van der Waals surface area contributed by atoms with Crippen LogP contribution in [0.25, 0.3) is 11.5 Å². The summed E-state index contributed by atoms with van der Waals surface area (Å²) in [6, 6.07) is 11.4. The van der Waals surface area contributed by atoms with Crippen molar-refractivity contribution in [2.45, 2.75) is 25.1 Å². The van der Waals surface area contributed by atoms with Crippen LogP contribution in [0.4, 0.5) is 17.6 Å². The van der Waals surface area contributed by atoms with Gasteiger partial charge in [0.1, 0.15) is 11.9 Å². The molecule has 178 valence electrons. The van der Waals surface area contributed by atoms with Gasteiger partial charge in [0.05, 0.1) is 6.04 Å². The highest BCUT2D eigenvalue weighted by Gasteiger charge is 2.38. The van der Waals surface area contributed by atoms with Crippen molar-refractivity contribution in [2.75, 3.05) is 0 Å². The van der Waals surface area contributed by atoms with Crippen LogP contribution in [0.5, 0.6) is 0 Å². The molecule has 0 aliphatic carbocycles. The lowest BCUT2D eigenvalue weighted by Gasteiger charge is -2.32. The second kappa shape index (κ2) is 8.91. The molecule has 1 amide bonds. The summed E-state index contributed by atoms with van der Waals surface area (Å²) >= 11 is 0. The number of hydrogen-bond donors (Lipinski definition) is 1. The number of amides is 1. The molecule has 1 N–H and O–H groups in total. The summed E-state index contributed by atoms with van der Waals surface area (Å²) in [5, 5.41) is 18.1. The molecule has 3 heterocycles. The lowest BCUT2D eigenvalue weighted by molar-refractivity contribution is 0.0358. The highest BCUT2D eigenvalue weighted by molar-refractivity contribution is 5.99. The zero-order valence-electron chi connectivity index (χ0n) is 17.8. The number of benzene rings is 2. The van der Waals surface area contributed by atoms with Gasteiger partial charge < -0.3 is 14.4 Å². The molecule has 2 atom stereocenters. The summed E-state index contributed by atoms with van der Waals surface area (Å²) in [6.07, 6.45) is -3.07. The summed E-state index contributed by atoms with van der Waals surface area (Å²) in [4.78, 5) is 18.4. The molecule has 0 saturated carbocycles. The van der Waals surface area contributed by atoms with Gasteiger partial charge in [0, 0.05) is 29.4 Å². The fraction of sp³-hybridized carbons (Fsp3) is 0.167. The van der Waals surface area contributed by atoms with Gasteiger partial charge in [0.25, 0.3) is 11.8 Å². The molecule has 0 unspecified atom stereocenters. The van der Waals surface area contributed by atoms with E-state index in [9.17, 15) is 27.5 Å². The molecule has 2 aromatic carbocycles. The van der Waals surface area contributed by atoms with Crippen molar-refractivity contribution in [3.8, 4) is 11.5 Å². The lowest BCUT2D eigenvalue weighted by atomic mass is 9.95. The van der Waals surface area contributed by atoms with Crippen LogP contribution < -0.4 is 0 Å². The fourth-order valence-corrected chi connectivity index (χ4v) is 4.06. The Kier molecular flexibility index (Phi) is 5.77. The smallest absolute Gasteiger partial charge is 0.314 e. The molecule has 1 aliphatic heterocycles. The number of rotatable bonds is 6. The van der Waals surface area contributed by atoms with Crippen LogP contribution in [0.2, 0.25) is 0 Å². The largest absolute Gasteiger partial charge is 0.415 e. The third-order valence-electron chi connectivity index (χ3n) is 5.75. The molecular weight excluding hydrogens is 468 g/mol. The number of aliphatic hydroxyl groups is 1. The molecule has 5 rings (SSSR count). The van der Waals surface area contributed by atoms with Crippen molar-refractivity contribution < 1.29 is 31.9 Å². The summed E-state index contributed by atoms with van der Waals surface area (Å²) < 4.78 is 57.5. The van der Waals surface area contributed by atoms with Crippen LogP contribution in [-0.4, -0.2) is 31.1 Å². The molecule has 0 fully saturated rings. The summed E-state index contributed by atoms with van der Waals surface area (Å²) in [7, 11) is 0. The number of halogens is 4. The minimum atomic E-state index is -2.93. The number of pyridine rings is 1. The number of carbonyl (C=O) groups is 1. The van der Waals surface area contributed by atoms with Gasteiger partial charge in [-0.15, -0.1) is 10.2 Å². The second-order valence-corrected chi connectivity index (χ2v) is 7.91. The van der Waals surface area contributed by atoms with Gasteiger partial charge in [0.15, 0.2) is 0 Å². The Balaban J connectivity index is 1.51. The van der Waals surface area contributed by atoms with Crippen LogP contribution in [0.3, 0.4) is 0 Å². The predicted octanol–water partition coefficient (Wildman–Crippen LogP) is 4.78. The predicted molar refractivity (Wildman–Crippen MR) is 113 cm³/mol. The van der Waals surface area contributed by atoms with E-state index in [0.717, 1.165) is 6.07 Å². The fourth-order valence-electron chi connectivity index (χ4n) is 4.06. The van der Waals surface area contributed by atoms with E-state index in [-0.39, 0.29) is 29.1 Å². The molecule has 0 bridgehead atoms. The third kappa shape index (κ3) is 4.26. The van der Waals surface area contributed by atoms with Gasteiger partial charge in [-0.25, -0.2) is 9.37 Å².